The van der Waals surface area contributed by atoms with Crippen LogP contribution in [-0.2, 0) is 4.79 Å². The molecule has 0 aromatic rings. The monoisotopic (exact) mass is 243 g/mol. The van der Waals surface area contributed by atoms with Crippen molar-refractivity contribution < 1.29 is 9.90 Å². The van der Waals surface area contributed by atoms with Gasteiger partial charge in [0.05, 0.1) is 0 Å². The highest BCUT2D eigenvalue weighted by Gasteiger charge is 2.34. The third kappa shape index (κ3) is 3.66. The van der Waals surface area contributed by atoms with E-state index in [0.717, 1.165) is 25.9 Å². The molecule has 0 aliphatic carbocycles. The molecule has 0 amide bonds. The molecule has 0 spiro atoms. The van der Waals surface area contributed by atoms with Gasteiger partial charge < -0.3 is 20.2 Å². The number of carboxylic acids is 1. The van der Waals surface area contributed by atoms with Gasteiger partial charge >= 0.3 is 5.97 Å². The average molecular weight is 243 g/mol. The standard InChI is InChI=1S/C12H25N3O2/c1-12(13-2,11(16)17)9-15-7-5-10(6-8-15)14(3)4/h10,13H,5-9H2,1-4H3,(H,16,17). The van der Waals surface area contributed by atoms with Crippen LogP contribution in [0.1, 0.15) is 19.8 Å². The number of carboxylic acid groups (broad SMARTS) is 1. The van der Waals surface area contributed by atoms with Gasteiger partial charge in [0.15, 0.2) is 0 Å². The molecular weight excluding hydrogens is 218 g/mol. The van der Waals surface area contributed by atoms with E-state index in [1.165, 1.54) is 0 Å². The molecule has 1 aliphatic heterocycles. The summed E-state index contributed by atoms with van der Waals surface area (Å²) in [7, 11) is 5.92. The third-order valence-electron chi connectivity index (χ3n) is 3.85. The number of likely N-dealkylation sites (tertiary alicyclic amines) is 1. The summed E-state index contributed by atoms with van der Waals surface area (Å²) in [6.07, 6.45) is 2.23. The summed E-state index contributed by atoms with van der Waals surface area (Å²) in [6.45, 7) is 4.27. The van der Waals surface area contributed by atoms with Crippen LogP contribution in [0, 0.1) is 0 Å². The van der Waals surface area contributed by atoms with E-state index in [1.807, 2.05) is 0 Å². The largest absolute Gasteiger partial charge is 0.480 e. The van der Waals surface area contributed by atoms with Crippen molar-refractivity contribution >= 4 is 5.97 Å². The van der Waals surface area contributed by atoms with Gasteiger partial charge in [-0.25, -0.2) is 0 Å². The van der Waals surface area contributed by atoms with Gasteiger partial charge in [-0.05, 0) is 54.0 Å². The van der Waals surface area contributed by atoms with Crippen LogP contribution in [0.25, 0.3) is 0 Å². The minimum atomic E-state index is -0.842. The first kappa shape index (κ1) is 14.4. The highest BCUT2D eigenvalue weighted by Crippen LogP contribution is 2.16. The Morgan fingerprint density at radius 3 is 2.35 bits per heavy atom. The number of aliphatic carboxylic acids is 1. The van der Waals surface area contributed by atoms with Crippen LogP contribution < -0.4 is 5.32 Å². The molecule has 1 fully saturated rings. The molecule has 1 rings (SSSR count). The van der Waals surface area contributed by atoms with Gasteiger partial charge in [0, 0.05) is 12.6 Å². The van der Waals surface area contributed by atoms with E-state index in [-0.39, 0.29) is 0 Å². The van der Waals surface area contributed by atoms with Gasteiger partial charge in [0.2, 0.25) is 0 Å². The Kier molecular flexibility index (Phi) is 4.91. The normalized spacial score (nSPS) is 22.6. The number of rotatable bonds is 5. The summed E-state index contributed by atoms with van der Waals surface area (Å²) in [5, 5.41) is 12.1. The van der Waals surface area contributed by atoms with Crippen molar-refractivity contribution in [2.45, 2.75) is 31.3 Å². The van der Waals surface area contributed by atoms with Crippen LogP contribution in [0.5, 0.6) is 0 Å². The predicted molar refractivity (Wildman–Crippen MR) is 68.2 cm³/mol. The lowest BCUT2D eigenvalue weighted by Gasteiger charge is -2.38. The lowest BCUT2D eigenvalue weighted by atomic mass is 9.98. The van der Waals surface area contributed by atoms with Crippen LogP contribution in [0.4, 0.5) is 0 Å². The van der Waals surface area contributed by atoms with Crippen molar-refractivity contribution in [1.29, 1.82) is 0 Å². The van der Waals surface area contributed by atoms with E-state index < -0.39 is 11.5 Å². The van der Waals surface area contributed by atoms with Crippen molar-refractivity contribution in [1.82, 2.24) is 15.1 Å². The van der Waals surface area contributed by atoms with Crippen LogP contribution in [-0.4, -0.2) is 73.2 Å². The number of nitrogens with zero attached hydrogens (tertiary/aromatic N) is 2. The highest BCUT2D eigenvalue weighted by molar-refractivity contribution is 5.78. The predicted octanol–water partition coefficient (Wildman–Crippen LogP) is 0.0751. The molecule has 1 unspecified atom stereocenters. The lowest BCUT2D eigenvalue weighted by molar-refractivity contribution is -0.144. The van der Waals surface area contributed by atoms with Crippen LogP contribution in [0.3, 0.4) is 0 Å². The SMILES string of the molecule is CNC(C)(CN1CCC(N(C)C)CC1)C(=O)O. The van der Waals surface area contributed by atoms with Gasteiger partial charge in [-0.3, -0.25) is 4.79 Å². The molecule has 0 aromatic heterocycles. The Morgan fingerprint density at radius 2 is 2.00 bits per heavy atom. The first-order chi connectivity index (χ1) is 7.89. The number of hydrogen-bond donors (Lipinski definition) is 2. The summed E-state index contributed by atoms with van der Waals surface area (Å²) >= 11 is 0. The minimum absolute atomic E-state index is 0.568. The molecule has 2 N–H and O–H groups in total. The zero-order chi connectivity index (χ0) is 13.1. The zero-order valence-electron chi connectivity index (χ0n) is 11.4. The number of hydrogen-bond acceptors (Lipinski definition) is 4. The van der Waals surface area contributed by atoms with E-state index in [4.69, 9.17) is 0 Å². The Morgan fingerprint density at radius 1 is 1.47 bits per heavy atom. The van der Waals surface area contributed by atoms with Gasteiger partial charge in [0.25, 0.3) is 0 Å². The Bertz CT molecular complexity index is 262. The Balaban J connectivity index is 2.47. The minimum Gasteiger partial charge on any atom is -0.480 e. The third-order valence-corrected chi connectivity index (χ3v) is 3.85. The van der Waals surface area contributed by atoms with Gasteiger partial charge in [-0.1, -0.05) is 0 Å². The summed E-state index contributed by atoms with van der Waals surface area (Å²) < 4.78 is 0. The maximum Gasteiger partial charge on any atom is 0.324 e. The van der Waals surface area contributed by atoms with Crippen molar-refractivity contribution in [3.05, 3.63) is 0 Å². The quantitative estimate of drug-likeness (QED) is 0.716. The summed E-state index contributed by atoms with van der Waals surface area (Å²) in [4.78, 5) is 15.7. The van der Waals surface area contributed by atoms with E-state index in [2.05, 4.69) is 29.2 Å². The second-order valence-corrected chi connectivity index (χ2v) is 5.36. The van der Waals surface area contributed by atoms with E-state index in [0.29, 0.717) is 12.6 Å². The average Bonchev–Trinajstić information content (AvgIpc) is 2.29. The Labute approximate surface area is 104 Å². The smallest absolute Gasteiger partial charge is 0.324 e. The fraction of sp³-hybridized carbons (Fsp3) is 0.917. The maximum absolute atomic E-state index is 11.2. The zero-order valence-corrected chi connectivity index (χ0v) is 11.4. The molecule has 17 heavy (non-hydrogen) atoms. The highest BCUT2D eigenvalue weighted by atomic mass is 16.4. The van der Waals surface area contributed by atoms with Crippen LogP contribution >= 0.6 is 0 Å². The number of likely N-dealkylation sites (N-methyl/N-ethyl adjacent to an activating group) is 1. The maximum atomic E-state index is 11.2. The lowest BCUT2D eigenvalue weighted by Crippen LogP contribution is -2.57. The molecule has 1 atom stereocenters. The molecule has 5 nitrogen and oxygen atoms in total. The molecule has 0 radical (unpaired) electrons. The molecule has 0 aromatic carbocycles. The van der Waals surface area contributed by atoms with Crippen molar-refractivity contribution in [2.75, 3.05) is 40.8 Å². The van der Waals surface area contributed by atoms with Crippen molar-refractivity contribution in [3.63, 3.8) is 0 Å². The summed E-state index contributed by atoms with van der Waals surface area (Å²) in [5.74, 6) is -0.783. The summed E-state index contributed by atoms with van der Waals surface area (Å²) in [6, 6.07) is 0.636. The molecule has 0 saturated carbocycles. The molecule has 0 bridgehead atoms. The topological polar surface area (TPSA) is 55.8 Å². The fourth-order valence-electron chi connectivity index (χ4n) is 2.29. The molecule has 100 valence electrons. The summed E-state index contributed by atoms with van der Waals surface area (Å²) in [5.41, 5.74) is -0.842. The fourth-order valence-corrected chi connectivity index (χ4v) is 2.29. The van der Waals surface area contributed by atoms with Crippen LogP contribution in [0.15, 0.2) is 0 Å². The molecular formula is C12H25N3O2. The molecule has 1 heterocycles. The number of piperidine rings is 1. The second-order valence-electron chi connectivity index (χ2n) is 5.36. The first-order valence-electron chi connectivity index (χ1n) is 6.20. The van der Waals surface area contributed by atoms with Crippen LogP contribution in [0.2, 0.25) is 0 Å². The van der Waals surface area contributed by atoms with Gasteiger partial charge in [0.1, 0.15) is 5.54 Å². The second kappa shape index (κ2) is 5.80. The number of nitrogens with one attached hydrogen (secondary N) is 1. The number of carbonyl (C=O) groups is 1. The van der Waals surface area contributed by atoms with Gasteiger partial charge in [-0.2, -0.15) is 0 Å². The Hall–Kier alpha value is -0.650. The molecule has 1 aliphatic rings. The first-order valence-corrected chi connectivity index (χ1v) is 6.20. The van der Waals surface area contributed by atoms with E-state index in [9.17, 15) is 9.90 Å². The molecule has 1 saturated heterocycles. The molecule has 5 heteroatoms. The van der Waals surface area contributed by atoms with Crippen molar-refractivity contribution in [3.8, 4) is 0 Å². The van der Waals surface area contributed by atoms with Gasteiger partial charge in [-0.15, -0.1) is 0 Å². The van der Waals surface area contributed by atoms with E-state index >= 15 is 0 Å². The van der Waals surface area contributed by atoms with Crippen molar-refractivity contribution in [2.24, 2.45) is 0 Å². The van der Waals surface area contributed by atoms with E-state index in [1.54, 1.807) is 14.0 Å².